The first-order chi connectivity index (χ1) is 14.5. The van der Waals surface area contributed by atoms with Crippen LogP contribution in [0.3, 0.4) is 0 Å². The molecule has 0 aliphatic carbocycles. The highest BCUT2D eigenvalue weighted by atomic mass is 16.6. The molecule has 1 heterocycles. The first-order valence-corrected chi connectivity index (χ1v) is 9.89. The highest BCUT2D eigenvalue weighted by molar-refractivity contribution is 5.97. The van der Waals surface area contributed by atoms with Crippen molar-refractivity contribution >= 4 is 11.9 Å². The van der Waals surface area contributed by atoms with E-state index in [4.69, 9.17) is 9.47 Å². The summed E-state index contributed by atoms with van der Waals surface area (Å²) in [7, 11) is 0. The van der Waals surface area contributed by atoms with Gasteiger partial charge in [-0.3, -0.25) is 4.79 Å². The number of para-hydroxylation sites is 1. The lowest BCUT2D eigenvalue weighted by atomic mass is 9.89. The maximum atomic E-state index is 12.9. The zero-order chi connectivity index (χ0) is 21.0. The average Bonchev–Trinajstić information content (AvgIpc) is 2.77. The maximum absolute atomic E-state index is 12.9. The van der Waals surface area contributed by atoms with E-state index < -0.39 is 11.6 Å². The summed E-state index contributed by atoms with van der Waals surface area (Å²) in [5, 5.41) is 2.90. The zero-order valence-corrected chi connectivity index (χ0v) is 16.8. The Bertz CT molecular complexity index is 1060. The monoisotopic (exact) mass is 401 g/mol. The van der Waals surface area contributed by atoms with Crippen LogP contribution in [0.4, 0.5) is 0 Å². The Labute approximate surface area is 175 Å². The second-order valence-corrected chi connectivity index (χ2v) is 7.52. The van der Waals surface area contributed by atoms with Crippen molar-refractivity contribution in [2.24, 2.45) is 0 Å². The molecule has 1 aliphatic heterocycles. The predicted octanol–water partition coefficient (Wildman–Crippen LogP) is 4.05. The van der Waals surface area contributed by atoms with Gasteiger partial charge in [-0.05, 0) is 30.2 Å². The Morgan fingerprint density at radius 3 is 2.53 bits per heavy atom. The van der Waals surface area contributed by atoms with E-state index in [1.807, 2.05) is 66.7 Å². The van der Waals surface area contributed by atoms with E-state index >= 15 is 0 Å². The van der Waals surface area contributed by atoms with Crippen LogP contribution in [0.15, 0.2) is 78.9 Å². The van der Waals surface area contributed by atoms with Gasteiger partial charge in [0.05, 0.1) is 5.56 Å². The smallest absolute Gasteiger partial charge is 0.339 e. The van der Waals surface area contributed by atoms with Crippen molar-refractivity contribution in [2.45, 2.75) is 32.1 Å². The van der Waals surface area contributed by atoms with Crippen LogP contribution in [0.25, 0.3) is 0 Å². The Kier molecular flexibility index (Phi) is 5.53. The molecule has 0 fully saturated rings. The molecule has 0 spiro atoms. The van der Waals surface area contributed by atoms with Gasteiger partial charge >= 0.3 is 5.97 Å². The lowest BCUT2D eigenvalue weighted by Gasteiger charge is -2.33. The number of benzene rings is 3. The second-order valence-electron chi connectivity index (χ2n) is 7.52. The van der Waals surface area contributed by atoms with Crippen LogP contribution in [0.2, 0.25) is 0 Å². The standard InChI is InChI=1S/C25H23NO4/c1-25(15-19-11-5-7-13-21(19)23(27)30-25)24(28)26-16-20-12-6-8-14-22(20)29-17-18-9-3-2-4-10-18/h2-14H,15-17H2,1H3,(H,26,28). The number of carbonyl (C=O) groups is 2. The summed E-state index contributed by atoms with van der Waals surface area (Å²) >= 11 is 0. The molecule has 1 aliphatic rings. The molecule has 1 amide bonds. The number of nitrogens with one attached hydrogen (secondary N) is 1. The molecular weight excluding hydrogens is 378 g/mol. The third kappa shape index (κ3) is 4.20. The Morgan fingerprint density at radius 2 is 1.70 bits per heavy atom. The van der Waals surface area contributed by atoms with Crippen LogP contribution in [0, 0.1) is 0 Å². The van der Waals surface area contributed by atoms with Gasteiger partial charge in [0.1, 0.15) is 12.4 Å². The number of rotatable bonds is 6. The lowest BCUT2D eigenvalue weighted by molar-refractivity contribution is -0.140. The highest BCUT2D eigenvalue weighted by Gasteiger charge is 2.42. The van der Waals surface area contributed by atoms with Gasteiger partial charge in [-0.15, -0.1) is 0 Å². The molecule has 0 saturated heterocycles. The molecule has 0 aromatic heterocycles. The third-order valence-electron chi connectivity index (χ3n) is 5.21. The Morgan fingerprint density at radius 1 is 1.00 bits per heavy atom. The molecule has 1 N–H and O–H groups in total. The van der Waals surface area contributed by atoms with Crippen molar-refractivity contribution in [3.8, 4) is 5.75 Å². The Balaban J connectivity index is 1.42. The van der Waals surface area contributed by atoms with Crippen molar-refractivity contribution in [1.29, 1.82) is 0 Å². The van der Waals surface area contributed by atoms with Crippen LogP contribution < -0.4 is 10.1 Å². The number of hydrogen-bond donors (Lipinski definition) is 1. The van der Waals surface area contributed by atoms with Gasteiger partial charge in [-0.25, -0.2) is 4.79 Å². The average molecular weight is 401 g/mol. The molecular formula is C25H23NO4. The fraction of sp³-hybridized carbons (Fsp3) is 0.200. The van der Waals surface area contributed by atoms with Crippen molar-refractivity contribution in [2.75, 3.05) is 0 Å². The third-order valence-corrected chi connectivity index (χ3v) is 5.21. The van der Waals surface area contributed by atoms with E-state index in [1.54, 1.807) is 19.1 Å². The number of hydrogen-bond acceptors (Lipinski definition) is 4. The maximum Gasteiger partial charge on any atom is 0.339 e. The van der Waals surface area contributed by atoms with Gasteiger partial charge in [-0.1, -0.05) is 66.7 Å². The molecule has 4 rings (SSSR count). The number of carbonyl (C=O) groups excluding carboxylic acids is 2. The summed E-state index contributed by atoms with van der Waals surface area (Å²) in [5.74, 6) is -0.0953. The molecule has 152 valence electrons. The minimum Gasteiger partial charge on any atom is -0.489 e. The summed E-state index contributed by atoms with van der Waals surface area (Å²) in [6.45, 7) is 2.37. The van der Waals surface area contributed by atoms with Crippen molar-refractivity contribution in [3.63, 3.8) is 0 Å². The number of esters is 1. The minimum absolute atomic E-state index is 0.276. The number of cyclic esters (lactones) is 1. The van der Waals surface area contributed by atoms with Gasteiger partial charge in [0, 0.05) is 18.5 Å². The fourth-order valence-electron chi connectivity index (χ4n) is 3.55. The normalized spacial score (nSPS) is 17.6. The van der Waals surface area contributed by atoms with Gasteiger partial charge < -0.3 is 14.8 Å². The summed E-state index contributed by atoms with van der Waals surface area (Å²) in [4.78, 5) is 25.2. The van der Waals surface area contributed by atoms with Crippen LogP contribution in [0.1, 0.15) is 34.0 Å². The first-order valence-electron chi connectivity index (χ1n) is 9.89. The highest BCUT2D eigenvalue weighted by Crippen LogP contribution is 2.28. The van der Waals surface area contributed by atoms with Gasteiger partial charge in [0.15, 0.2) is 5.60 Å². The summed E-state index contributed by atoms with van der Waals surface area (Å²) < 4.78 is 11.5. The van der Waals surface area contributed by atoms with E-state index in [0.717, 1.165) is 16.7 Å². The summed E-state index contributed by atoms with van der Waals surface area (Å²) in [5.41, 5.74) is 2.01. The second kappa shape index (κ2) is 8.41. The molecule has 1 atom stereocenters. The molecule has 5 nitrogen and oxygen atoms in total. The largest absolute Gasteiger partial charge is 0.489 e. The summed E-state index contributed by atoms with van der Waals surface area (Å²) in [6.07, 6.45) is 0.340. The van der Waals surface area contributed by atoms with Crippen molar-refractivity contribution < 1.29 is 19.1 Å². The number of amides is 1. The van der Waals surface area contributed by atoms with Crippen molar-refractivity contribution in [3.05, 3.63) is 101 Å². The number of ether oxygens (including phenoxy) is 2. The fourth-order valence-corrected chi connectivity index (χ4v) is 3.55. The Hall–Kier alpha value is -3.60. The SMILES string of the molecule is CC1(C(=O)NCc2ccccc2OCc2ccccc2)Cc2ccccc2C(=O)O1. The molecule has 0 radical (unpaired) electrons. The quantitative estimate of drug-likeness (QED) is 0.633. The topological polar surface area (TPSA) is 64.6 Å². The molecule has 0 bridgehead atoms. The first kappa shape index (κ1) is 19.7. The molecule has 0 saturated carbocycles. The lowest BCUT2D eigenvalue weighted by Crippen LogP contribution is -2.51. The van der Waals surface area contributed by atoms with E-state index in [9.17, 15) is 9.59 Å². The molecule has 1 unspecified atom stereocenters. The predicted molar refractivity (Wildman–Crippen MR) is 113 cm³/mol. The van der Waals surface area contributed by atoms with Gasteiger partial charge in [0.2, 0.25) is 0 Å². The van der Waals surface area contributed by atoms with E-state index in [-0.39, 0.29) is 12.5 Å². The van der Waals surface area contributed by atoms with Crippen LogP contribution in [-0.4, -0.2) is 17.5 Å². The molecule has 30 heavy (non-hydrogen) atoms. The van der Waals surface area contributed by atoms with Gasteiger partial charge in [0.25, 0.3) is 5.91 Å². The zero-order valence-electron chi connectivity index (χ0n) is 16.8. The number of fused-ring (bicyclic) bond motifs is 1. The van der Waals surface area contributed by atoms with Gasteiger partial charge in [-0.2, -0.15) is 0 Å². The molecule has 3 aromatic carbocycles. The molecule has 5 heteroatoms. The minimum atomic E-state index is -1.24. The van der Waals surface area contributed by atoms with E-state index in [0.29, 0.717) is 24.3 Å². The van der Waals surface area contributed by atoms with E-state index in [1.165, 1.54) is 0 Å². The van der Waals surface area contributed by atoms with Crippen molar-refractivity contribution in [1.82, 2.24) is 5.32 Å². The summed E-state index contributed by atoms with van der Waals surface area (Å²) in [6, 6.07) is 24.7. The van der Waals surface area contributed by atoms with Crippen LogP contribution in [0.5, 0.6) is 5.75 Å². The van der Waals surface area contributed by atoms with Crippen LogP contribution in [-0.2, 0) is 29.1 Å². The van der Waals surface area contributed by atoms with Crippen LogP contribution >= 0.6 is 0 Å². The van der Waals surface area contributed by atoms with E-state index in [2.05, 4.69) is 5.32 Å². The molecule has 3 aromatic rings.